The third-order valence-corrected chi connectivity index (χ3v) is 3.13. The van der Waals surface area contributed by atoms with Crippen LogP contribution in [0, 0.1) is 10.1 Å². The minimum Gasteiger partial charge on any atom is -0.339 e. The van der Waals surface area contributed by atoms with Gasteiger partial charge in [0.15, 0.2) is 0 Å². The normalized spacial score (nSPS) is 10.7. The van der Waals surface area contributed by atoms with E-state index in [2.05, 4.69) is 15.4 Å². The van der Waals surface area contributed by atoms with Crippen LogP contribution in [-0.2, 0) is 0 Å². The highest BCUT2D eigenvalue weighted by Gasteiger charge is 2.10. The fraction of sp³-hybridized carbons (Fsp3) is 0. The van der Waals surface area contributed by atoms with Crippen molar-refractivity contribution in [2.24, 2.45) is 0 Å². The van der Waals surface area contributed by atoms with E-state index in [9.17, 15) is 10.1 Å². The van der Waals surface area contributed by atoms with Crippen LogP contribution in [0.3, 0.4) is 0 Å². The van der Waals surface area contributed by atoms with Gasteiger partial charge in [-0.3, -0.25) is 10.1 Å². The largest absolute Gasteiger partial charge is 0.339 e. The van der Waals surface area contributed by atoms with E-state index in [0.717, 1.165) is 5.52 Å². The van der Waals surface area contributed by atoms with Crippen LogP contribution in [0.5, 0.6) is 0 Å². The Morgan fingerprint density at radius 3 is 2.95 bits per heavy atom. The molecule has 0 aromatic carbocycles. The third-order valence-electron chi connectivity index (χ3n) is 2.73. The fourth-order valence-corrected chi connectivity index (χ4v) is 2.06. The van der Waals surface area contributed by atoms with Crippen LogP contribution in [-0.4, -0.2) is 19.5 Å². The van der Waals surface area contributed by atoms with E-state index in [1.165, 1.54) is 18.3 Å². The Kier molecular flexibility index (Phi) is 2.96. The molecule has 3 aromatic rings. The van der Waals surface area contributed by atoms with Gasteiger partial charge in [-0.25, -0.2) is 9.50 Å². The first kappa shape index (κ1) is 12.4. The van der Waals surface area contributed by atoms with E-state index in [-0.39, 0.29) is 5.69 Å². The fourth-order valence-electron chi connectivity index (χ4n) is 1.80. The summed E-state index contributed by atoms with van der Waals surface area (Å²) in [5.41, 5.74) is 1.30. The zero-order valence-corrected chi connectivity index (χ0v) is 10.8. The van der Waals surface area contributed by atoms with Crippen LogP contribution in [0.2, 0.25) is 5.02 Å². The Balaban J connectivity index is 1.98. The summed E-state index contributed by atoms with van der Waals surface area (Å²) in [5, 5.41) is 18.2. The molecule has 0 aliphatic carbocycles. The number of rotatable bonds is 3. The molecule has 0 atom stereocenters. The van der Waals surface area contributed by atoms with E-state index in [1.807, 2.05) is 0 Å². The Labute approximate surface area is 118 Å². The van der Waals surface area contributed by atoms with Gasteiger partial charge in [0.05, 0.1) is 33.4 Å². The van der Waals surface area contributed by atoms with Crippen LogP contribution >= 0.6 is 11.6 Å². The highest BCUT2D eigenvalue weighted by Crippen LogP contribution is 2.29. The number of halogens is 1. The van der Waals surface area contributed by atoms with Crippen molar-refractivity contribution in [2.45, 2.75) is 0 Å². The van der Waals surface area contributed by atoms with Crippen LogP contribution in [0.25, 0.3) is 5.52 Å². The molecule has 0 unspecified atom stereocenters. The van der Waals surface area contributed by atoms with E-state index >= 15 is 0 Å². The molecule has 1 N–H and O–H groups in total. The minimum atomic E-state index is -0.478. The molecule has 0 saturated carbocycles. The van der Waals surface area contributed by atoms with Gasteiger partial charge in [-0.15, -0.1) is 0 Å². The first-order chi connectivity index (χ1) is 9.65. The lowest BCUT2D eigenvalue weighted by atomic mass is 10.3. The SMILES string of the molecule is O=[N+]([O-])c1ccnc(Nc2ccn3nccc3c2Cl)c1. The molecule has 0 bridgehead atoms. The van der Waals surface area contributed by atoms with Gasteiger partial charge in [-0.05, 0) is 12.1 Å². The number of nitrogens with zero attached hydrogens (tertiary/aromatic N) is 4. The Hall–Kier alpha value is -2.67. The number of pyridine rings is 2. The average molecular weight is 290 g/mol. The molecular weight excluding hydrogens is 282 g/mol. The number of hydrogen-bond donors (Lipinski definition) is 1. The molecule has 3 aromatic heterocycles. The van der Waals surface area contributed by atoms with Crippen LogP contribution in [0.4, 0.5) is 17.2 Å². The van der Waals surface area contributed by atoms with Crippen LogP contribution < -0.4 is 5.32 Å². The van der Waals surface area contributed by atoms with Gasteiger partial charge in [-0.1, -0.05) is 11.6 Å². The maximum atomic E-state index is 10.7. The molecule has 3 rings (SSSR count). The molecule has 0 amide bonds. The lowest BCUT2D eigenvalue weighted by molar-refractivity contribution is -0.384. The summed E-state index contributed by atoms with van der Waals surface area (Å²) in [5.74, 6) is 0.352. The van der Waals surface area contributed by atoms with E-state index in [0.29, 0.717) is 16.5 Å². The number of hydrogen-bond acceptors (Lipinski definition) is 5. The number of aromatic nitrogens is 3. The number of nitro groups is 1. The number of nitrogens with one attached hydrogen (secondary N) is 1. The maximum Gasteiger partial charge on any atom is 0.274 e. The highest BCUT2D eigenvalue weighted by molar-refractivity contribution is 6.36. The summed E-state index contributed by atoms with van der Waals surface area (Å²) in [7, 11) is 0. The second-order valence-corrected chi connectivity index (χ2v) is 4.36. The standard InChI is InChI=1S/C12H8ClN5O2/c13-12-9(3-6-17-10(12)2-5-15-17)16-11-7-8(18(19)20)1-4-14-11/h1-7H,(H,14,16). The molecule has 100 valence electrons. The van der Waals surface area contributed by atoms with Gasteiger partial charge in [0, 0.05) is 18.5 Å². The van der Waals surface area contributed by atoms with Gasteiger partial charge in [-0.2, -0.15) is 5.10 Å². The van der Waals surface area contributed by atoms with Crippen LogP contribution in [0.15, 0.2) is 42.9 Å². The minimum absolute atomic E-state index is 0.0379. The van der Waals surface area contributed by atoms with Crippen molar-refractivity contribution in [3.63, 3.8) is 0 Å². The summed E-state index contributed by atoms with van der Waals surface area (Å²) in [6, 6.07) is 6.17. The second-order valence-electron chi connectivity index (χ2n) is 3.99. The molecule has 0 spiro atoms. The summed E-state index contributed by atoms with van der Waals surface area (Å²) < 4.78 is 1.63. The summed E-state index contributed by atoms with van der Waals surface area (Å²) >= 11 is 6.25. The van der Waals surface area contributed by atoms with Crippen molar-refractivity contribution in [1.82, 2.24) is 14.6 Å². The smallest absolute Gasteiger partial charge is 0.274 e. The molecule has 3 heterocycles. The van der Waals surface area contributed by atoms with E-state index < -0.39 is 4.92 Å². The predicted molar refractivity (Wildman–Crippen MR) is 74.4 cm³/mol. The Bertz CT molecular complexity index is 801. The lowest BCUT2D eigenvalue weighted by Crippen LogP contribution is -1.98. The van der Waals surface area contributed by atoms with Crippen molar-refractivity contribution < 1.29 is 4.92 Å². The van der Waals surface area contributed by atoms with Crippen molar-refractivity contribution in [3.8, 4) is 0 Å². The van der Waals surface area contributed by atoms with Gasteiger partial charge >= 0.3 is 0 Å². The molecule has 8 heteroatoms. The molecule has 20 heavy (non-hydrogen) atoms. The number of fused-ring (bicyclic) bond motifs is 1. The Morgan fingerprint density at radius 1 is 1.30 bits per heavy atom. The lowest BCUT2D eigenvalue weighted by Gasteiger charge is -2.08. The molecule has 0 radical (unpaired) electrons. The zero-order valence-electron chi connectivity index (χ0n) is 10.0. The third kappa shape index (κ3) is 2.14. The van der Waals surface area contributed by atoms with Crippen LogP contribution in [0.1, 0.15) is 0 Å². The predicted octanol–water partition coefficient (Wildman–Crippen LogP) is 3.03. The molecule has 0 saturated heterocycles. The summed E-state index contributed by atoms with van der Waals surface area (Å²) in [6.45, 7) is 0. The molecule has 7 nitrogen and oxygen atoms in total. The van der Waals surface area contributed by atoms with Gasteiger partial charge in [0.25, 0.3) is 5.69 Å². The van der Waals surface area contributed by atoms with E-state index in [4.69, 9.17) is 11.6 Å². The van der Waals surface area contributed by atoms with Gasteiger partial charge < -0.3 is 5.32 Å². The van der Waals surface area contributed by atoms with Crippen molar-refractivity contribution in [3.05, 3.63) is 58.0 Å². The Morgan fingerprint density at radius 2 is 2.15 bits per heavy atom. The highest BCUT2D eigenvalue weighted by atomic mass is 35.5. The first-order valence-corrected chi connectivity index (χ1v) is 6.02. The van der Waals surface area contributed by atoms with Gasteiger partial charge in [0.2, 0.25) is 0 Å². The maximum absolute atomic E-state index is 10.7. The molecule has 0 aliphatic heterocycles. The second kappa shape index (κ2) is 4.78. The summed E-state index contributed by atoms with van der Waals surface area (Å²) in [4.78, 5) is 14.3. The van der Waals surface area contributed by atoms with Crippen molar-refractivity contribution >= 4 is 34.3 Å². The number of anilines is 2. The first-order valence-electron chi connectivity index (χ1n) is 5.64. The van der Waals surface area contributed by atoms with Gasteiger partial charge in [0.1, 0.15) is 5.82 Å². The molecular formula is C12H8ClN5O2. The van der Waals surface area contributed by atoms with Crippen molar-refractivity contribution in [1.29, 1.82) is 0 Å². The average Bonchev–Trinajstić information content (AvgIpc) is 2.91. The summed E-state index contributed by atoms with van der Waals surface area (Å²) in [6.07, 6.45) is 4.74. The molecule has 0 fully saturated rings. The van der Waals surface area contributed by atoms with E-state index in [1.54, 1.807) is 29.0 Å². The quantitative estimate of drug-likeness (QED) is 0.591. The van der Waals surface area contributed by atoms with Crippen molar-refractivity contribution in [2.75, 3.05) is 5.32 Å². The molecule has 0 aliphatic rings. The monoisotopic (exact) mass is 289 g/mol. The topological polar surface area (TPSA) is 85.4 Å². The zero-order chi connectivity index (χ0) is 14.1.